The van der Waals surface area contributed by atoms with Crippen molar-refractivity contribution in [3.8, 4) is 16.9 Å². The number of methoxy groups -OCH3 is 1. The van der Waals surface area contributed by atoms with Gasteiger partial charge in [0.25, 0.3) is 0 Å². The number of para-hydroxylation sites is 1. The minimum atomic E-state index is -3.78. The summed E-state index contributed by atoms with van der Waals surface area (Å²) in [6, 6.07) is 15.8. The Labute approximate surface area is 156 Å². The predicted octanol–water partition coefficient (Wildman–Crippen LogP) is 3.44. The van der Waals surface area contributed by atoms with Crippen LogP contribution >= 0.6 is 11.3 Å². The van der Waals surface area contributed by atoms with E-state index in [1.165, 1.54) is 13.2 Å². The second-order valence-electron chi connectivity index (χ2n) is 5.65. The number of ether oxygens (including phenoxy) is 1. The molecule has 2 N–H and O–H groups in total. The summed E-state index contributed by atoms with van der Waals surface area (Å²) >= 11 is 1.62. The molecule has 1 heterocycles. The van der Waals surface area contributed by atoms with Gasteiger partial charge in [0.05, 0.1) is 13.2 Å². The van der Waals surface area contributed by atoms with Crippen molar-refractivity contribution in [2.75, 3.05) is 13.7 Å². The fourth-order valence-electron chi connectivity index (χ4n) is 2.55. The van der Waals surface area contributed by atoms with Gasteiger partial charge in [-0.25, -0.2) is 13.1 Å². The van der Waals surface area contributed by atoms with Gasteiger partial charge < -0.3 is 9.84 Å². The van der Waals surface area contributed by atoms with E-state index in [0.717, 1.165) is 11.1 Å². The molecule has 3 rings (SSSR count). The highest BCUT2D eigenvalue weighted by atomic mass is 32.2. The monoisotopic (exact) mass is 389 g/mol. The number of rotatable bonds is 7. The molecule has 0 saturated carbocycles. The molecule has 7 heteroatoms. The summed E-state index contributed by atoms with van der Waals surface area (Å²) in [5.41, 5.74) is 2.82. The number of aliphatic hydroxyl groups is 1. The van der Waals surface area contributed by atoms with E-state index in [1.54, 1.807) is 41.7 Å². The van der Waals surface area contributed by atoms with Crippen LogP contribution in [0.1, 0.15) is 11.7 Å². The van der Waals surface area contributed by atoms with Crippen LogP contribution in [0.25, 0.3) is 11.1 Å². The van der Waals surface area contributed by atoms with Crippen LogP contribution in [0.4, 0.5) is 0 Å². The van der Waals surface area contributed by atoms with Gasteiger partial charge in [-0.15, -0.1) is 0 Å². The topological polar surface area (TPSA) is 75.6 Å². The lowest BCUT2D eigenvalue weighted by Gasteiger charge is -2.14. The van der Waals surface area contributed by atoms with E-state index in [-0.39, 0.29) is 17.2 Å². The third-order valence-electron chi connectivity index (χ3n) is 3.98. The molecule has 0 spiro atoms. The summed E-state index contributed by atoms with van der Waals surface area (Å²) in [6.07, 6.45) is -0.948. The molecule has 0 aliphatic heterocycles. The molecule has 0 bridgehead atoms. The molecule has 0 aliphatic rings. The molecule has 0 fully saturated rings. The Morgan fingerprint density at radius 1 is 1.08 bits per heavy atom. The maximum absolute atomic E-state index is 12.5. The molecule has 2 aromatic carbocycles. The van der Waals surface area contributed by atoms with Gasteiger partial charge in [-0.05, 0) is 45.6 Å². The van der Waals surface area contributed by atoms with E-state index in [4.69, 9.17) is 4.74 Å². The fraction of sp³-hybridized carbons (Fsp3) is 0.158. The Morgan fingerprint density at radius 3 is 2.46 bits per heavy atom. The third-order valence-corrected chi connectivity index (χ3v) is 6.12. The zero-order valence-corrected chi connectivity index (χ0v) is 15.8. The Hall–Kier alpha value is -2.19. The lowest BCUT2D eigenvalue weighted by molar-refractivity contribution is 0.182. The van der Waals surface area contributed by atoms with Crippen LogP contribution in [0.2, 0.25) is 0 Å². The summed E-state index contributed by atoms with van der Waals surface area (Å²) in [7, 11) is -2.37. The van der Waals surface area contributed by atoms with Crippen molar-refractivity contribution < 1.29 is 18.3 Å². The van der Waals surface area contributed by atoms with E-state index in [2.05, 4.69) is 4.72 Å². The summed E-state index contributed by atoms with van der Waals surface area (Å²) in [5.74, 6) is 0.259. The van der Waals surface area contributed by atoms with Crippen LogP contribution < -0.4 is 9.46 Å². The molecule has 1 aromatic heterocycles. The number of nitrogens with one attached hydrogen (secondary N) is 1. The first-order valence-corrected chi connectivity index (χ1v) is 10.4. The van der Waals surface area contributed by atoms with Crippen LogP contribution in [0, 0.1) is 0 Å². The zero-order valence-electron chi connectivity index (χ0n) is 14.1. The van der Waals surface area contributed by atoms with Gasteiger partial charge in [0, 0.05) is 6.54 Å². The van der Waals surface area contributed by atoms with Gasteiger partial charge >= 0.3 is 0 Å². The van der Waals surface area contributed by atoms with Crippen molar-refractivity contribution in [2.24, 2.45) is 0 Å². The molecule has 26 heavy (non-hydrogen) atoms. The molecule has 1 atom stereocenters. The highest BCUT2D eigenvalue weighted by molar-refractivity contribution is 7.89. The Kier molecular flexibility index (Phi) is 5.73. The summed E-state index contributed by atoms with van der Waals surface area (Å²) in [5, 5.41) is 14.4. The summed E-state index contributed by atoms with van der Waals surface area (Å²) in [4.78, 5) is 0.0440. The molecule has 0 saturated heterocycles. The summed E-state index contributed by atoms with van der Waals surface area (Å²) in [6.45, 7) is -0.127. The first kappa shape index (κ1) is 18.6. The van der Waals surface area contributed by atoms with Gasteiger partial charge in [-0.1, -0.05) is 36.4 Å². The van der Waals surface area contributed by atoms with Crippen molar-refractivity contribution in [3.05, 3.63) is 70.9 Å². The molecule has 136 valence electrons. The van der Waals surface area contributed by atoms with Gasteiger partial charge in [0.1, 0.15) is 10.6 Å². The minimum Gasteiger partial charge on any atom is -0.495 e. The van der Waals surface area contributed by atoms with E-state index >= 15 is 0 Å². The lowest BCUT2D eigenvalue weighted by Crippen LogP contribution is -2.28. The quantitative estimate of drug-likeness (QED) is 0.649. The van der Waals surface area contributed by atoms with Crippen molar-refractivity contribution in [1.82, 2.24) is 4.72 Å². The first-order chi connectivity index (χ1) is 12.5. The van der Waals surface area contributed by atoms with Crippen LogP contribution in [-0.2, 0) is 10.0 Å². The van der Waals surface area contributed by atoms with Gasteiger partial charge in [-0.2, -0.15) is 11.3 Å². The van der Waals surface area contributed by atoms with E-state index < -0.39 is 16.1 Å². The smallest absolute Gasteiger partial charge is 0.244 e. The summed E-state index contributed by atoms with van der Waals surface area (Å²) < 4.78 is 32.4. The molecular formula is C19H19NO4S2. The number of aliphatic hydroxyl groups excluding tert-OH is 1. The average molecular weight is 389 g/mol. The molecular weight excluding hydrogens is 370 g/mol. The molecule has 0 aliphatic carbocycles. The molecule has 0 unspecified atom stereocenters. The van der Waals surface area contributed by atoms with Crippen LogP contribution in [0.5, 0.6) is 5.75 Å². The second-order valence-corrected chi connectivity index (χ2v) is 8.17. The predicted molar refractivity (Wildman–Crippen MR) is 103 cm³/mol. The highest BCUT2D eigenvalue weighted by Crippen LogP contribution is 2.25. The Balaban J connectivity index is 1.69. The van der Waals surface area contributed by atoms with Gasteiger partial charge in [-0.3, -0.25) is 0 Å². The second kappa shape index (κ2) is 8.01. The standard InChI is InChI=1S/C19H19NO4S2/c1-24-18-4-2-3-5-19(18)26(22,23)20-12-17(21)15-8-6-14(7-9-15)16-10-11-25-13-16/h2-11,13,17,20-21H,12H2,1H3/t17-/m1/s1. The molecule has 0 radical (unpaired) electrons. The normalized spacial score (nSPS) is 12.7. The zero-order chi connectivity index (χ0) is 18.6. The van der Waals surface area contributed by atoms with Crippen molar-refractivity contribution in [1.29, 1.82) is 0 Å². The van der Waals surface area contributed by atoms with Crippen LogP contribution in [0.15, 0.2) is 70.3 Å². The Bertz CT molecular complexity index is 951. The number of hydrogen-bond donors (Lipinski definition) is 2. The van der Waals surface area contributed by atoms with Crippen LogP contribution in [0.3, 0.4) is 0 Å². The maximum atomic E-state index is 12.5. The van der Waals surface area contributed by atoms with Crippen molar-refractivity contribution in [2.45, 2.75) is 11.0 Å². The van der Waals surface area contributed by atoms with E-state index in [9.17, 15) is 13.5 Å². The lowest BCUT2D eigenvalue weighted by atomic mass is 10.0. The molecule has 0 amide bonds. The van der Waals surface area contributed by atoms with Gasteiger partial charge in [0.15, 0.2) is 0 Å². The number of thiophene rings is 1. The minimum absolute atomic E-state index is 0.0440. The average Bonchev–Trinajstić information content (AvgIpc) is 3.21. The van der Waals surface area contributed by atoms with Crippen LogP contribution in [-0.4, -0.2) is 27.2 Å². The van der Waals surface area contributed by atoms with E-state index in [1.807, 2.05) is 29.0 Å². The van der Waals surface area contributed by atoms with E-state index in [0.29, 0.717) is 5.56 Å². The third kappa shape index (κ3) is 4.13. The number of sulfonamides is 1. The Morgan fingerprint density at radius 2 is 1.81 bits per heavy atom. The van der Waals surface area contributed by atoms with Crippen molar-refractivity contribution >= 4 is 21.4 Å². The largest absolute Gasteiger partial charge is 0.495 e. The SMILES string of the molecule is COc1ccccc1S(=O)(=O)NC[C@@H](O)c1ccc(-c2ccsc2)cc1. The molecule has 5 nitrogen and oxygen atoms in total. The molecule has 3 aromatic rings. The first-order valence-electron chi connectivity index (χ1n) is 7.94. The van der Waals surface area contributed by atoms with Crippen molar-refractivity contribution in [3.63, 3.8) is 0 Å². The fourth-order valence-corrected chi connectivity index (χ4v) is 4.42. The highest BCUT2D eigenvalue weighted by Gasteiger charge is 2.20. The number of benzene rings is 2. The maximum Gasteiger partial charge on any atom is 0.244 e. The number of hydrogen-bond acceptors (Lipinski definition) is 5. The van der Waals surface area contributed by atoms with Gasteiger partial charge in [0.2, 0.25) is 10.0 Å².